The minimum atomic E-state index is -3.76. The van der Waals surface area contributed by atoms with Crippen LogP contribution in [0.1, 0.15) is 0 Å². The van der Waals surface area contributed by atoms with Gasteiger partial charge < -0.3 is 4.74 Å². The highest BCUT2D eigenvalue weighted by atomic mass is 35.5. The molecule has 0 atom stereocenters. The minimum absolute atomic E-state index is 0.290. The predicted molar refractivity (Wildman–Crippen MR) is 54.7 cm³/mol. The Balaban J connectivity index is 2.98. The van der Waals surface area contributed by atoms with Gasteiger partial charge in [-0.15, -0.1) is 0 Å². The summed E-state index contributed by atoms with van der Waals surface area (Å²) in [6, 6.07) is 4.44. The molecule has 7 heteroatoms. The van der Waals surface area contributed by atoms with Gasteiger partial charge in [0.25, 0.3) is 10.2 Å². The highest BCUT2D eigenvalue weighted by molar-refractivity contribution is 7.90. The van der Waals surface area contributed by atoms with Crippen molar-refractivity contribution in [1.29, 1.82) is 0 Å². The molecule has 0 heterocycles. The smallest absolute Gasteiger partial charge is 0.296 e. The molecule has 0 bridgehead atoms. The van der Waals surface area contributed by atoms with Crippen molar-refractivity contribution >= 4 is 27.5 Å². The van der Waals surface area contributed by atoms with Gasteiger partial charge in [0.1, 0.15) is 5.75 Å². The van der Waals surface area contributed by atoms with E-state index in [9.17, 15) is 8.42 Å². The molecular formula is C7H9ClN2O3S. The van der Waals surface area contributed by atoms with Crippen molar-refractivity contribution in [3.8, 4) is 5.75 Å². The van der Waals surface area contributed by atoms with Gasteiger partial charge in [0.2, 0.25) is 0 Å². The maximum atomic E-state index is 10.7. The van der Waals surface area contributed by atoms with Crippen molar-refractivity contribution in [3.05, 3.63) is 23.2 Å². The first-order valence-corrected chi connectivity index (χ1v) is 5.49. The van der Waals surface area contributed by atoms with Crippen molar-refractivity contribution in [2.75, 3.05) is 11.8 Å². The fourth-order valence-electron chi connectivity index (χ4n) is 0.894. The third kappa shape index (κ3) is 3.06. The lowest BCUT2D eigenvalue weighted by molar-refractivity contribution is 0.415. The normalized spacial score (nSPS) is 11.1. The van der Waals surface area contributed by atoms with Gasteiger partial charge in [0, 0.05) is 0 Å². The van der Waals surface area contributed by atoms with Crippen molar-refractivity contribution in [1.82, 2.24) is 0 Å². The zero-order valence-electron chi connectivity index (χ0n) is 7.32. The largest absolute Gasteiger partial charge is 0.495 e. The summed E-state index contributed by atoms with van der Waals surface area (Å²) in [7, 11) is -2.30. The van der Waals surface area contributed by atoms with E-state index in [2.05, 4.69) is 4.72 Å². The lowest BCUT2D eigenvalue weighted by Crippen LogP contribution is -2.21. The number of methoxy groups -OCH3 is 1. The summed E-state index contributed by atoms with van der Waals surface area (Å²) in [5, 5.41) is 5.08. The van der Waals surface area contributed by atoms with E-state index in [-0.39, 0.29) is 0 Å². The molecule has 0 aliphatic rings. The van der Waals surface area contributed by atoms with Crippen molar-refractivity contribution in [2.24, 2.45) is 5.14 Å². The number of hydrogen-bond acceptors (Lipinski definition) is 3. The number of nitrogens with one attached hydrogen (secondary N) is 1. The van der Waals surface area contributed by atoms with Gasteiger partial charge in [-0.3, -0.25) is 4.72 Å². The molecule has 0 aliphatic heterocycles. The van der Waals surface area contributed by atoms with Crippen molar-refractivity contribution < 1.29 is 13.2 Å². The summed E-state index contributed by atoms with van der Waals surface area (Å²) in [6.07, 6.45) is 0. The van der Waals surface area contributed by atoms with Crippen LogP contribution < -0.4 is 14.6 Å². The third-order valence-electron chi connectivity index (χ3n) is 1.41. The zero-order chi connectivity index (χ0) is 10.8. The first-order valence-electron chi connectivity index (χ1n) is 3.56. The van der Waals surface area contributed by atoms with Crippen LogP contribution in [0, 0.1) is 0 Å². The first-order chi connectivity index (χ1) is 6.42. The summed E-state index contributed by atoms with van der Waals surface area (Å²) >= 11 is 5.76. The Morgan fingerprint density at radius 3 is 2.57 bits per heavy atom. The van der Waals surface area contributed by atoms with Crippen LogP contribution >= 0.6 is 11.6 Å². The Hall–Kier alpha value is -0.980. The summed E-state index contributed by atoms with van der Waals surface area (Å²) in [6.45, 7) is 0. The molecule has 3 N–H and O–H groups in total. The van der Waals surface area contributed by atoms with E-state index < -0.39 is 10.2 Å². The van der Waals surface area contributed by atoms with Crippen LogP contribution in [0.3, 0.4) is 0 Å². The Morgan fingerprint density at radius 2 is 2.14 bits per heavy atom. The molecule has 0 radical (unpaired) electrons. The van der Waals surface area contributed by atoms with Crippen LogP contribution in [-0.2, 0) is 10.2 Å². The van der Waals surface area contributed by atoms with E-state index >= 15 is 0 Å². The maximum Gasteiger partial charge on any atom is 0.296 e. The Bertz CT molecular complexity index is 433. The predicted octanol–water partition coefficient (Wildman–Crippen LogP) is 0.964. The Kier molecular flexibility index (Phi) is 3.20. The molecule has 0 spiro atoms. The molecule has 5 nitrogen and oxygen atoms in total. The number of benzene rings is 1. The lowest BCUT2D eigenvalue weighted by atomic mass is 10.3. The second-order valence-electron chi connectivity index (χ2n) is 2.50. The van der Waals surface area contributed by atoms with Gasteiger partial charge in [-0.2, -0.15) is 8.42 Å². The molecule has 0 aliphatic carbocycles. The van der Waals surface area contributed by atoms with Crippen LogP contribution in [-0.4, -0.2) is 15.5 Å². The number of anilines is 1. The summed E-state index contributed by atoms with van der Waals surface area (Å²) in [5.74, 6) is 0.464. The maximum absolute atomic E-state index is 10.7. The standard InChI is InChI=1S/C7H9ClN2O3S/c1-13-7-3-2-5(4-6(7)8)10-14(9,11)12/h2-4,10H,1H3,(H2,9,11,12). The van der Waals surface area contributed by atoms with Crippen molar-refractivity contribution in [3.63, 3.8) is 0 Å². The van der Waals surface area contributed by atoms with Gasteiger partial charge in [-0.25, -0.2) is 5.14 Å². The average molecular weight is 237 g/mol. The van der Waals surface area contributed by atoms with E-state index in [0.717, 1.165) is 0 Å². The van der Waals surface area contributed by atoms with Gasteiger partial charge in [0.15, 0.2) is 0 Å². The molecule has 0 saturated carbocycles. The van der Waals surface area contributed by atoms with Crippen LogP contribution in [0.15, 0.2) is 18.2 Å². The third-order valence-corrected chi connectivity index (χ3v) is 2.23. The van der Waals surface area contributed by atoms with E-state index in [0.29, 0.717) is 16.5 Å². The molecule has 1 aromatic carbocycles. The number of ether oxygens (including phenoxy) is 1. The highest BCUT2D eigenvalue weighted by Gasteiger charge is 2.05. The molecule has 0 saturated heterocycles. The van der Waals surface area contributed by atoms with Crippen LogP contribution in [0.2, 0.25) is 5.02 Å². The number of hydrogen-bond donors (Lipinski definition) is 2. The number of nitrogens with two attached hydrogens (primary N) is 1. The van der Waals surface area contributed by atoms with Gasteiger partial charge in [0.05, 0.1) is 17.8 Å². The number of halogens is 1. The second-order valence-corrected chi connectivity index (χ2v) is 4.20. The van der Waals surface area contributed by atoms with E-state index in [1.54, 1.807) is 0 Å². The molecule has 0 aromatic heterocycles. The van der Waals surface area contributed by atoms with E-state index in [4.69, 9.17) is 21.5 Å². The molecule has 78 valence electrons. The summed E-state index contributed by atoms with van der Waals surface area (Å²) in [4.78, 5) is 0. The van der Waals surface area contributed by atoms with Crippen molar-refractivity contribution in [2.45, 2.75) is 0 Å². The summed E-state index contributed by atoms with van der Waals surface area (Å²) < 4.78 is 28.3. The van der Waals surface area contributed by atoms with Crippen LogP contribution in [0.25, 0.3) is 0 Å². The van der Waals surface area contributed by atoms with Gasteiger partial charge in [-0.1, -0.05) is 11.6 Å². The van der Waals surface area contributed by atoms with Gasteiger partial charge >= 0.3 is 0 Å². The average Bonchev–Trinajstić information content (AvgIpc) is 2.01. The molecule has 0 amide bonds. The minimum Gasteiger partial charge on any atom is -0.495 e. The quantitative estimate of drug-likeness (QED) is 0.820. The molecular weight excluding hydrogens is 228 g/mol. The fourth-order valence-corrected chi connectivity index (χ4v) is 1.61. The van der Waals surface area contributed by atoms with E-state index in [1.165, 1.54) is 25.3 Å². The molecule has 1 rings (SSSR count). The van der Waals surface area contributed by atoms with E-state index in [1.807, 2.05) is 0 Å². The SMILES string of the molecule is COc1ccc(NS(N)(=O)=O)cc1Cl. The monoisotopic (exact) mass is 236 g/mol. The molecule has 0 unspecified atom stereocenters. The Labute approximate surface area is 87.0 Å². The lowest BCUT2D eigenvalue weighted by Gasteiger charge is -2.06. The molecule has 14 heavy (non-hydrogen) atoms. The first kappa shape index (κ1) is 11.1. The zero-order valence-corrected chi connectivity index (χ0v) is 8.89. The van der Waals surface area contributed by atoms with Gasteiger partial charge in [-0.05, 0) is 18.2 Å². The second kappa shape index (κ2) is 4.04. The van der Waals surface area contributed by atoms with Crippen LogP contribution in [0.4, 0.5) is 5.69 Å². The van der Waals surface area contributed by atoms with Crippen LogP contribution in [0.5, 0.6) is 5.75 Å². The number of rotatable bonds is 3. The fraction of sp³-hybridized carbons (Fsp3) is 0.143. The highest BCUT2D eigenvalue weighted by Crippen LogP contribution is 2.27. The topological polar surface area (TPSA) is 81.4 Å². The Morgan fingerprint density at radius 1 is 1.50 bits per heavy atom. The summed E-state index contributed by atoms with van der Waals surface area (Å²) in [5.41, 5.74) is 0.290. The molecule has 1 aromatic rings. The molecule has 0 fully saturated rings.